The van der Waals surface area contributed by atoms with Crippen LogP contribution in [-0.2, 0) is 0 Å². The van der Waals surface area contributed by atoms with Crippen molar-refractivity contribution in [3.63, 3.8) is 0 Å². The molecule has 0 heteroatoms. The highest BCUT2D eigenvalue weighted by atomic mass is 13.9. The molecule has 0 aliphatic rings. The van der Waals surface area contributed by atoms with Gasteiger partial charge in [-0.3, -0.25) is 0 Å². The molecule has 0 aliphatic heterocycles. The maximum atomic E-state index is 3.85. The Labute approximate surface area is 103 Å². The molecule has 0 spiro atoms. The lowest BCUT2D eigenvalue weighted by atomic mass is 10.1. The van der Waals surface area contributed by atoms with Crippen LogP contribution in [0.25, 0.3) is 0 Å². The van der Waals surface area contributed by atoms with Gasteiger partial charge in [0.1, 0.15) is 0 Å². The van der Waals surface area contributed by atoms with Crippen LogP contribution < -0.4 is 0 Å². The third kappa shape index (κ3) is 13.5. The molecule has 0 aromatic carbocycles. The van der Waals surface area contributed by atoms with Crippen molar-refractivity contribution >= 4 is 0 Å². The van der Waals surface area contributed by atoms with E-state index < -0.39 is 0 Å². The molecule has 0 saturated carbocycles. The van der Waals surface area contributed by atoms with Crippen LogP contribution in [0.15, 0.2) is 24.3 Å². The average molecular weight is 220 g/mol. The summed E-state index contributed by atoms with van der Waals surface area (Å²) in [6.45, 7) is 7.53. The molecule has 0 fully saturated rings. The average Bonchev–Trinajstić information content (AvgIpc) is 2.31. The second-order valence-electron chi connectivity index (χ2n) is 4.28. The molecule has 92 valence electrons. The second kappa shape index (κ2) is 14.5. The molecule has 0 atom stereocenters. The molecule has 0 nitrogen and oxygen atoms in total. The van der Waals surface area contributed by atoms with Gasteiger partial charge in [0.25, 0.3) is 0 Å². The Bertz CT molecular complexity index is 165. The van der Waals surface area contributed by atoms with Gasteiger partial charge in [-0.25, -0.2) is 0 Å². The molecule has 0 heterocycles. The van der Waals surface area contributed by atoms with Gasteiger partial charge in [0.15, 0.2) is 0 Å². The minimum atomic E-state index is 1.09. The van der Waals surface area contributed by atoms with Gasteiger partial charge in [-0.05, 0) is 45.4 Å². The minimum Gasteiger partial charge on any atom is -0.0885 e. The highest BCUT2D eigenvalue weighted by Crippen LogP contribution is 2.06. The summed E-state index contributed by atoms with van der Waals surface area (Å²) in [5.41, 5.74) is 0. The summed E-state index contributed by atoms with van der Waals surface area (Å²) in [5, 5.41) is 0. The van der Waals surface area contributed by atoms with Crippen LogP contribution in [-0.4, -0.2) is 0 Å². The van der Waals surface area contributed by atoms with E-state index in [1.807, 2.05) is 6.08 Å². The lowest BCUT2D eigenvalue weighted by Crippen LogP contribution is -1.76. The second-order valence-corrected chi connectivity index (χ2v) is 4.28. The van der Waals surface area contributed by atoms with E-state index in [2.05, 4.69) is 32.1 Å². The standard InChI is InChI=1S/C16H28/c1-3-5-7-9-11-13-15-16-14-12-10-8-6-4-2/h3,5,14,16H,1-2,4,6-13,15H2. The molecule has 0 rings (SSSR count). The van der Waals surface area contributed by atoms with Crippen LogP contribution in [0.1, 0.15) is 64.2 Å². The first-order valence-corrected chi connectivity index (χ1v) is 6.80. The van der Waals surface area contributed by atoms with Gasteiger partial charge in [0.05, 0.1) is 0 Å². The number of hydrogen-bond acceptors (Lipinski definition) is 0. The maximum absolute atomic E-state index is 3.85. The number of allylic oxidation sites excluding steroid dienone is 4. The van der Waals surface area contributed by atoms with Gasteiger partial charge < -0.3 is 0 Å². The Morgan fingerprint density at radius 3 is 1.62 bits per heavy atom. The van der Waals surface area contributed by atoms with Crippen LogP contribution in [0.5, 0.6) is 0 Å². The third-order valence-electron chi connectivity index (χ3n) is 2.70. The van der Waals surface area contributed by atoms with E-state index >= 15 is 0 Å². The fourth-order valence-electron chi connectivity index (χ4n) is 1.67. The van der Waals surface area contributed by atoms with E-state index in [-0.39, 0.29) is 0 Å². The predicted molar refractivity (Wildman–Crippen MR) is 75.2 cm³/mol. The molecule has 0 aromatic heterocycles. The van der Waals surface area contributed by atoms with E-state index in [0.29, 0.717) is 0 Å². The molecule has 0 amide bonds. The number of unbranched alkanes of at least 4 members (excludes halogenated alkanes) is 8. The van der Waals surface area contributed by atoms with Crippen LogP contribution in [0.3, 0.4) is 0 Å². The largest absolute Gasteiger partial charge is 0.0885 e. The molecular formula is C16H28. The van der Waals surface area contributed by atoms with Crippen molar-refractivity contribution in [3.05, 3.63) is 38.2 Å². The maximum Gasteiger partial charge on any atom is -0.0316 e. The van der Waals surface area contributed by atoms with Crippen molar-refractivity contribution < 1.29 is 0 Å². The van der Waals surface area contributed by atoms with Gasteiger partial charge in [0.2, 0.25) is 0 Å². The Kier molecular flexibility index (Phi) is 14.0. The molecule has 2 radical (unpaired) electrons. The third-order valence-corrected chi connectivity index (χ3v) is 2.70. The van der Waals surface area contributed by atoms with Gasteiger partial charge >= 0.3 is 0 Å². The Morgan fingerprint density at radius 1 is 0.625 bits per heavy atom. The molecule has 0 saturated heterocycles. The fraction of sp³-hybridized carbons (Fsp3) is 0.625. The Hall–Kier alpha value is -0.520. The van der Waals surface area contributed by atoms with Crippen molar-refractivity contribution in [2.24, 2.45) is 0 Å². The van der Waals surface area contributed by atoms with E-state index in [9.17, 15) is 0 Å². The highest BCUT2D eigenvalue weighted by Gasteiger charge is 1.86. The summed E-state index contributed by atoms with van der Waals surface area (Å²) in [6, 6.07) is 0. The molecule has 0 aromatic rings. The summed E-state index contributed by atoms with van der Waals surface area (Å²) in [6.07, 6.45) is 21.5. The van der Waals surface area contributed by atoms with Gasteiger partial charge in [-0.15, -0.1) is 0 Å². The van der Waals surface area contributed by atoms with Crippen molar-refractivity contribution in [3.8, 4) is 0 Å². The van der Waals surface area contributed by atoms with Gasteiger partial charge in [-0.2, -0.15) is 0 Å². The monoisotopic (exact) mass is 220 g/mol. The van der Waals surface area contributed by atoms with Gasteiger partial charge in [0, 0.05) is 0 Å². The summed E-state index contributed by atoms with van der Waals surface area (Å²) in [5.74, 6) is 0. The summed E-state index contributed by atoms with van der Waals surface area (Å²) < 4.78 is 0. The number of hydrogen-bond donors (Lipinski definition) is 0. The van der Waals surface area contributed by atoms with E-state index in [1.54, 1.807) is 0 Å². The SMILES string of the molecule is [CH2]C=CCCCCCC=CCCCCC[CH2]. The quantitative estimate of drug-likeness (QED) is 0.311. The predicted octanol–water partition coefficient (Wildman–Crippen LogP) is 5.67. The van der Waals surface area contributed by atoms with E-state index in [0.717, 1.165) is 6.42 Å². The first-order chi connectivity index (χ1) is 7.91. The molecule has 0 unspecified atom stereocenters. The zero-order valence-corrected chi connectivity index (χ0v) is 10.8. The fourth-order valence-corrected chi connectivity index (χ4v) is 1.67. The minimum absolute atomic E-state index is 1.09. The number of rotatable bonds is 11. The summed E-state index contributed by atoms with van der Waals surface area (Å²) >= 11 is 0. The zero-order valence-electron chi connectivity index (χ0n) is 10.8. The first kappa shape index (κ1) is 15.5. The topological polar surface area (TPSA) is 0 Å². The molecule has 0 aliphatic carbocycles. The van der Waals surface area contributed by atoms with Crippen molar-refractivity contribution in [1.29, 1.82) is 0 Å². The molecule has 0 N–H and O–H groups in total. The first-order valence-electron chi connectivity index (χ1n) is 6.80. The van der Waals surface area contributed by atoms with E-state index in [4.69, 9.17) is 0 Å². The normalized spacial score (nSPS) is 11.9. The summed E-state index contributed by atoms with van der Waals surface area (Å²) in [7, 11) is 0. The van der Waals surface area contributed by atoms with Gasteiger partial charge in [-0.1, -0.05) is 56.9 Å². The lowest BCUT2D eigenvalue weighted by molar-refractivity contribution is 0.684. The Balaban J connectivity index is 3.03. The van der Waals surface area contributed by atoms with Crippen LogP contribution in [0.2, 0.25) is 0 Å². The molecular weight excluding hydrogens is 192 g/mol. The summed E-state index contributed by atoms with van der Waals surface area (Å²) in [4.78, 5) is 0. The Morgan fingerprint density at radius 2 is 1.12 bits per heavy atom. The molecule has 16 heavy (non-hydrogen) atoms. The van der Waals surface area contributed by atoms with Crippen molar-refractivity contribution in [2.45, 2.75) is 64.2 Å². The van der Waals surface area contributed by atoms with Crippen LogP contribution >= 0.6 is 0 Å². The van der Waals surface area contributed by atoms with E-state index in [1.165, 1.54) is 57.8 Å². The van der Waals surface area contributed by atoms with Crippen molar-refractivity contribution in [2.75, 3.05) is 0 Å². The smallest absolute Gasteiger partial charge is 0.0316 e. The zero-order chi connectivity index (χ0) is 11.9. The van der Waals surface area contributed by atoms with Crippen LogP contribution in [0, 0.1) is 13.8 Å². The van der Waals surface area contributed by atoms with Crippen LogP contribution in [0.4, 0.5) is 0 Å². The lowest BCUT2D eigenvalue weighted by Gasteiger charge is -1.96. The molecule has 0 bridgehead atoms. The highest BCUT2D eigenvalue weighted by molar-refractivity contribution is 4.84. The van der Waals surface area contributed by atoms with Crippen molar-refractivity contribution in [1.82, 2.24) is 0 Å².